The van der Waals surface area contributed by atoms with Gasteiger partial charge in [0.15, 0.2) is 0 Å². The number of carbonyl (C=O) groups is 3. The van der Waals surface area contributed by atoms with Crippen molar-refractivity contribution in [1.29, 1.82) is 0 Å². The van der Waals surface area contributed by atoms with Gasteiger partial charge in [-0.25, -0.2) is 4.79 Å². The number of nitrogens with zero attached hydrogens (tertiary/aromatic N) is 2. The largest absolute Gasteiger partial charge is 0.490 e. The number of urea groups is 1. The molecule has 13 heteroatoms. The molecule has 4 amide bonds. The van der Waals surface area contributed by atoms with E-state index in [9.17, 15) is 32.7 Å². The van der Waals surface area contributed by atoms with Crippen molar-refractivity contribution >= 4 is 23.5 Å². The molecule has 3 rings (SSSR count). The average molecular weight is 657 g/mol. The van der Waals surface area contributed by atoms with Gasteiger partial charge in [0.2, 0.25) is 5.91 Å². The standard InChI is InChI=1S/C33H51F3N4O6/c1-22-19-40(23(2)21-41)31(43)27-18-26(37-30(42)15-16-33(34,35)36)13-14-28(27)46-24(3)10-8-9-17-45-29(22)20-39(4)32(44)38-25-11-6-5-7-12-25/h13-14,18,22-25,29,41H,5-12,15-17,19-21H2,1-4H3,(H,37,42)(H,38,44)/t22-,23-,24+,29+/m0/s1. The van der Waals surface area contributed by atoms with Crippen LogP contribution in [0.4, 0.5) is 23.7 Å². The molecular formula is C33H51F3N4O6. The highest BCUT2D eigenvalue weighted by Gasteiger charge is 2.32. The summed E-state index contributed by atoms with van der Waals surface area (Å²) >= 11 is 0. The van der Waals surface area contributed by atoms with Crippen LogP contribution in [-0.2, 0) is 9.53 Å². The second-order valence-electron chi connectivity index (χ2n) is 12.8. The number of fused-ring (bicyclic) bond motifs is 1. The molecule has 0 spiro atoms. The lowest BCUT2D eigenvalue weighted by molar-refractivity contribution is -0.142. The van der Waals surface area contributed by atoms with Crippen molar-refractivity contribution in [2.45, 2.75) is 115 Å². The minimum absolute atomic E-state index is 0.117. The Labute approximate surface area is 270 Å². The fraction of sp³-hybridized carbons (Fsp3) is 0.727. The highest BCUT2D eigenvalue weighted by molar-refractivity contribution is 5.99. The molecule has 2 aliphatic rings. The predicted octanol–water partition coefficient (Wildman–Crippen LogP) is 5.74. The van der Waals surface area contributed by atoms with Crippen LogP contribution in [0.5, 0.6) is 5.75 Å². The van der Waals surface area contributed by atoms with Crippen molar-refractivity contribution in [1.82, 2.24) is 15.1 Å². The highest BCUT2D eigenvalue weighted by Crippen LogP contribution is 2.29. The summed E-state index contributed by atoms with van der Waals surface area (Å²) in [5.74, 6) is -1.27. The van der Waals surface area contributed by atoms with E-state index in [0.717, 1.165) is 38.5 Å². The zero-order valence-electron chi connectivity index (χ0n) is 27.5. The molecular weight excluding hydrogens is 605 g/mol. The molecule has 1 heterocycles. The third kappa shape index (κ3) is 11.9. The third-order valence-corrected chi connectivity index (χ3v) is 8.70. The van der Waals surface area contributed by atoms with Gasteiger partial charge in [0.05, 0.1) is 36.8 Å². The van der Waals surface area contributed by atoms with E-state index >= 15 is 0 Å². The summed E-state index contributed by atoms with van der Waals surface area (Å²) in [5, 5.41) is 15.7. The molecule has 4 atom stereocenters. The second kappa shape index (κ2) is 17.7. The molecule has 1 saturated carbocycles. The number of hydrogen-bond acceptors (Lipinski definition) is 6. The van der Waals surface area contributed by atoms with Crippen LogP contribution in [-0.4, -0.2) is 96.6 Å². The lowest BCUT2D eigenvalue weighted by atomic mass is 9.96. The molecule has 46 heavy (non-hydrogen) atoms. The zero-order chi connectivity index (χ0) is 33.9. The molecule has 0 saturated heterocycles. The van der Waals surface area contributed by atoms with E-state index in [2.05, 4.69) is 10.6 Å². The van der Waals surface area contributed by atoms with Crippen LogP contribution < -0.4 is 15.4 Å². The first-order valence-corrected chi connectivity index (χ1v) is 16.5. The van der Waals surface area contributed by atoms with Crippen molar-refractivity contribution in [2.24, 2.45) is 5.92 Å². The first-order chi connectivity index (χ1) is 21.8. The maximum atomic E-state index is 14.2. The first kappa shape index (κ1) is 37.4. The van der Waals surface area contributed by atoms with Crippen LogP contribution in [0.15, 0.2) is 18.2 Å². The summed E-state index contributed by atoms with van der Waals surface area (Å²) < 4.78 is 50.5. The number of benzene rings is 1. The molecule has 0 unspecified atom stereocenters. The highest BCUT2D eigenvalue weighted by atomic mass is 19.4. The number of carbonyl (C=O) groups excluding carboxylic acids is 3. The van der Waals surface area contributed by atoms with E-state index in [1.54, 1.807) is 18.9 Å². The summed E-state index contributed by atoms with van der Waals surface area (Å²) in [6.07, 6.45) is 0.402. The summed E-state index contributed by atoms with van der Waals surface area (Å²) in [7, 11) is 1.73. The van der Waals surface area contributed by atoms with Crippen molar-refractivity contribution in [2.75, 3.05) is 38.7 Å². The number of ether oxygens (including phenoxy) is 2. The van der Waals surface area contributed by atoms with Gasteiger partial charge in [0.25, 0.3) is 5.91 Å². The number of rotatable bonds is 8. The van der Waals surface area contributed by atoms with E-state index < -0.39 is 43.0 Å². The van der Waals surface area contributed by atoms with Crippen molar-refractivity contribution in [3.63, 3.8) is 0 Å². The summed E-state index contributed by atoms with van der Waals surface area (Å²) in [4.78, 5) is 42.6. The first-order valence-electron chi connectivity index (χ1n) is 16.5. The molecule has 1 aromatic carbocycles. The molecule has 3 N–H and O–H groups in total. The van der Waals surface area contributed by atoms with E-state index in [0.29, 0.717) is 19.6 Å². The summed E-state index contributed by atoms with van der Waals surface area (Å²) in [5.41, 5.74) is 0.277. The van der Waals surface area contributed by atoms with E-state index in [1.165, 1.54) is 29.5 Å². The number of alkyl halides is 3. The molecule has 0 radical (unpaired) electrons. The Balaban J connectivity index is 1.85. The third-order valence-electron chi connectivity index (χ3n) is 8.70. The topological polar surface area (TPSA) is 120 Å². The maximum absolute atomic E-state index is 14.2. The van der Waals surface area contributed by atoms with Crippen LogP contribution in [0, 0.1) is 5.92 Å². The smallest absolute Gasteiger partial charge is 0.389 e. The van der Waals surface area contributed by atoms with Gasteiger partial charge in [-0.3, -0.25) is 9.59 Å². The monoisotopic (exact) mass is 656 g/mol. The van der Waals surface area contributed by atoms with Gasteiger partial charge < -0.3 is 35.0 Å². The van der Waals surface area contributed by atoms with Crippen LogP contribution in [0.3, 0.4) is 0 Å². The van der Waals surface area contributed by atoms with Gasteiger partial charge in [-0.1, -0.05) is 26.2 Å². The van der Waals surface area contributed by atoms with E-state index in [4.69, 9.17) is 9.47 Å². The number of likely N-dealkylation sites (N-methyl/N-ethyl adjacent to an activating group) is 1. The molecule has 10 nitrogen and oxygen atoms in total. The quantitative estimate of drug-likeness (QED) is 0.329. The number of halogens is 3. The number of anilines is 1. The van der Waals surface area contributed by atoms with Crippen molar-refractivity contribution < 1.29 is 42.1 Å². The average Bonchev–Trinajstić information content (AvgIpc) is 3.01. The second-order valence-corrected chi connectivity index (χ2v) is 12.8. The van der Waals surface area contributed by atoms with Gasteiger partial charge in [0.1, 0.15) is 5.75 Å². The predicted molar refractivity (Wildman–Crippen MR) is 169 cm³/mol. The fourth-order valence-corrected chi connectivity index (χ4v) is 5.83. The maximum Gasteiger partial charge on any atom is 0.389 e. The molecule has 1 fully saturated rings. The molecule has 0 aromatic heterocycles. The van der Waals surface area contributed by atoms with E-state index in [1.807, 2.05) is 13.8 Å². The van der Waals surface area contributed by atoms with Gasteiger partial charge in [0, 0.05) is 50.8 Å². The van der Waals surface area contributed by atoms with Crippen molar-refractivity contribution in [3.8, 4) is 5.75 Å². The fourth-order valence-electron chi connectivity index (χ4n) is 5.83. The van der Waals surface area contributed by atoms with Crippen LogP contribution >= 0.6 is 0 Å². The van der Waals surface area contributed by atoms with Crippen molar-refractivity contribution in [3.05, 3.63) is 23.8 Å². The van der Waals surface area contributed by atoms with Crippen LogP contribution in [0.1, 0.15) is 95.3 Å². The van der Waals surface area contributed by atoms with Crippen LogP contribution in [0.2, 0.25) is 0 Å². The molecule has 1 aromatic rings. The summed E-state index contributed by atoms with van der Waals surface area (Å²) in [6, 6.07) is 3.82. The SMILES string of the molecule is C[C@@H]1CCCCO[C@H](CN(C)C(=O)NC2CCCCC2)[C@@H](C)CN([C@@H](C)CO)C(=O)c2cc(NC(=O)CCC(F)(F)F)ccc2O1. The zero-order valence-corrected chi connectivity index (χ0v) is 27.5. The van der Waals surface area contributed by atoms with Gasteiger partial charge in [-0.05, 0) is 64.2 Å². The molecule has 1 aliphatic heterocycles. The number of nitrogens with one attached hydrogen (secondary N) is 2. The Hall–Kier alpha value is -3.06. The lowest BCUT2D eigenvalue weighted by Gasteiger charge is -2.36. The number of aliphatic hydroxyl groups is 1. The number of aliphatic hydroxyl groups excluding tert-OH is 1. The minimum atomic E-state index is -4.47. The van der Waals surface area contributed by atoms with Gasteiger partial charge >= 0.3 is 12.2 Å². The number of amides is 4. The van der Waals surface area contributed by atoms with Gasteiger partial charge in [-0.2, -0.15) is 13.2 Å². The van der Waals surface area contributed by atoms with Gasteiger partial charge in [-0.15, -0.1) is 0 Å². The Bertz CT molecular complexity index is 1150. The Morgan fingerprint density at radius 1 is 1.11 bits per heavy atom. The van der Waals surface area contributed by atoms with E-state index in [-0.39, 0.29) is 54.2 Å². The molecule has 0 bridgehead atoms. The normalized spacial score (nSPS) is 23.0. The Morgan fingerprint density at radius 3 is 2.48 bits per heavy atom. The number of hydrogen-bond donors (Lipinski definition) is 3. The molecule has 260 valence electrons. The minimum Gasteiger partial charge on any atom is -0.490 e. The summed E-state index contributed by atoms with van der Waals surface area (Å²) in [6.45, 7) is 6.15. The lowest BCUT2D eigenvalue weighted by Crippen LogP contribution is -2.50. The Morgan fingerprint density at radius 2 is 1.80 bits per heavy atom. The molecule has 1 aliphatic carbocycles. The van der Waals surface area contributed by atoms with Crippen LogP contribution in [0.25, 0.3) is 0 Å². The Kier molecular flexibility index (Phi) is 14.4.